The summed E-state index contributed by atoms with van der Waals surface area (Å²) in [6.45, 7) is 5.67. The Morgan fingerprint density at radius 3 is 2.45 bits per heavy atom. The van der Waals surface area contributed by atoms with Gasteiger partial charge in [0.25, 0.3) is 0 Å². The number of imide groups is 2. The first-order valence-electron chi connectivity index (χ1n) is 18.1. The van der Waals surface area contributed by atoms with E-state index in [9.17, 15) is 19.5 Å². The van der Waals surface area contributed by atoms with Gasteiger partial charge in [-0.1, -0.05) is 47.0 Å². The van der Waals surface area contributed by atoms with E-state index in [2.05, 4.69) is 0 Å². The molecule has 3 aromatic carbocycles. The second-order valence-electron chi connectivity index (χ2n) is 15.2. The first-order valence-corrected chi connectivity index (χ1v) is 19.6. The Morgan fingerprint density at radius 1 is 0.927 bits per heavy atom. The van der Waals surface area contributed by atoms with Crippen LogP contribution >= 0.6 is 34.5 Å². The number of benzene rings is 3. The van der Waals surface area contributed by atoms with Crippen LogP contribution in [0.15, 0.2) is 72.3 Å². The zero-order valence-corrected chi connectivity index (χ0v) is 32.9. The number of methoxy groups -OCH3 is 1. The van der Waals surface area contributed by atoms with Crippen LogP contribution in [0.25, 0.3) is 20.7 Å². The van der Waals surface area contributed by atoms with Gasteiger partial charge in [-0.25, -0.2) is 9.80 Å². The van der Waals surface area contributed by atoms with Crippen molar-refractivity contribution in [2.75, 3.05) is 16.9 Å². The number of aromatic hydroxyl groups is 1. The largest absolute Gasteiger partial charge is 0.508 e. The lowest BCUT2D eigenvalue weighted by molar-refractivity contribution is -0.131. The second-order valence-corrected chi connectivity index (χ2v) is 17.1. The maximum absolute atomic E-state index is 15.2. The lowest BCUT2D eigenvalue weighted by Crippen LogP contribution is -2.49. The van der Waals surface area contributed by atoms with Gasteiger partial charge >= 0.3 is 0 Å². The molecule has 10 nitrogen and oxygen atoms in total. The number of aromatic nitrogens is 2. The van der Waals surface area contributed by atoms with E-state index in [1.807, 2.05) is 45.0 Å². The van der Waals surface area contributed by atoms with Gasteiger partial charge in [-0.2, -0.15) is 5.10 Å². The van der Waals surface area contributed by atoms with Gasteiger partial charge in [-0.05, 0) is 92.4 Å². The molecular weight excluding hydrogens is 759 g/mol. The number of amides is 4. The molecule has 4 heterocycles. The predicted octanol–water partition coefficient (Wildman–Crippen LogP) is 8.37. The Labute approximate surface area is 330 Å². The smallest absolute Gasteiger partial charge is 0.242 e. The van der Waals surface area contributed by atoms with Crippen molar-refractivity contribution < 1.29 is 29.0 Å². The summed E-state index contributed by atoms with van der Waals surface area (Å²) >= 11 is 14.3. The number of rotatable bonds is 5. The molecule has 280 valence electrons. The van der Waals surface area contributed by atoms with Crippen molar-refractivity contribution in [3.8, 4) is 22.1 Å². The third-order valence-electron chi connectivity index (χ3n) is 12.4. The highest BCUT2D eigenvalue weighted by molar-refractivity contribution is 7.22. The molecule has 2 saturated heterocycles. The van der Waals surface area contributed by atoms with Crippen LogP contribution in [0.4, 0.5) is 11.5 Å². The van der Waals surface area contributed by atoms with Crippen LogP contribution < -0.4 is 14.5 Å². The SMILES string of the molecule is COc1cc(O)ccc1[C@H]1C2=CC[C@@H]3C(=O)N(c4ccc(C)c(Cl)c4)C(=O)[C@@H]3[C@@H]2C[C@H]2C(=O)N(c3cc(-c4sc5ccc(Cl)cc5c4C)nn3C)C(=O)[C@@]12C. The minimum Gasteiger partial charge on any atom is -0.508 e. The Bertz CT molecular complexity index is 2580. The summed E-state index contributed by atoms with van der Waals surface area (Å²) in [5.41, 5.74) is 2.94. The topological polar surface area (TPSA) is 122 Å². The molecule has 1 saturated carbocycles. The summed E-state index contributed by atoms with van der Waals surface area (Å²) in [5, 5.41) is 17.4. The molecule has 13 heteroatoms. The minimum atomic E-state index is -1.32. The summed E-state index contributed by atoms with van der Waals surface area (Å²) in [7, 11) is 3.20. The lowest BCUT2D eigenvalue weighted by atomic mass is 9.51. The number of allylic oxidation sites excluding steroid dienone is 2. The summed E-state index contributed by atoms with van der Waals surface area (Å²) in [6.07, 6.45) is 2.45. The van der Waals surface area contributed by atoms with Gasteiger partial charge in [0, 0.05) is 45.4 Å². The van der Waals surface area contributed by atoms with Crippen LogP contribution in [0, 0.1) is 42.9 Å². The highest BCUT2D eigenvalue weighted by atomic mass is 35.5. The van der Waals surface area contributed by atoms with Gasteiger partial charge < -0.3 is 9.84 Å². The number of aryl methyl sites for hydroxylation is 3. The molecule has 0 bridgehead atoms. The molecule has 2 aromatic heterocycles. The Hall–Kier alpha value is -4.97. The van der Waals surface area contributed by atoms with Crippen LogP contribution in [-0.4, -0.2) is 45.6 Å². The van der Waals surface area contributed by atoms with Crippen molar-refractivity contribution >= 4 is 79.8 Å². The molecule has 2 aliphatic carbocycles. The van der Waals surface area contributed by atoms with Crippen LogP contribution in [0.1, 0.15) is 42.4 Å². The molecule has 55 heavy (non-hydrogen) atoms. The molecule has 2 aliphatic heterocycles. The van der Waals surface area contributed by atoms with Gasteiger partial charge in [0.05, 0.1) is 40.8 Å². The zero-order chi connectivity index (χ0) is 38.8. The maximum atomic E-state index is 15.2. The van der Waals surface area contributed by atoms with E-state index in [1.54, 1.807) is 53.4 Å². The van der Waals surface area contributed by atoms with Gasteiger partial charge in [0.2, 0.25) is 23.6 Å². The monoisotopic (exact) mass is 794 g/mol. The minimum absolute atomic E-state index is 0.0204. The molecule has 5 aromatic rings. The number of phenolic OH excluding ortho intramolecular Hbond substituents is 1. The second kappa shape index (κ2) is 12.5. The lowest BCUT2D eigenvalue weighted by Gasteiger charge is -2.49. The number of phenols is 1. The molecule has 3 fully saturated rings. The van der Waals surface area contributed by atoms with Crippen molar-refractivity contribution in [1.29, 1.82) is 0 Å². The van der Waals surface area contributed by atoms with Gasteiger partial charge in [0.15, 0.2) is 0 Å². The van der Waals surface area contributed by atoms with E-state index >= 15 is 4.79 Å². The average molecular weight is 796 g/mol. The van der Waals surface area contributed by atoms with E-state index in [0.717, 1.165) is 31.7 Å². The van der Waals surface area contributed by atoms with E-state index in [4.69, 9.17) is 33.0 Å². The fourth-order valence-corrected chi connectivity index (χ4v) is 11.2. The molecule has 6 atom stereocenters. The Balaban J connectivity index is 1.16. The first kappa shape index (κ1) is 35.7. The summed E-state index contributed by atoms with van der Waals surface area (Å²) < 4.78 is 8.40. The zero-order valence-electron chi connectivity index (χ0n) is 30.6. The number of carbonyl (C=O) groups excluding carboxylic acids is 4. The molecule has 4 aliphatic rings. The molecule has 0 unspecified atom stereocenters. The van der Waals surface area contributed by atoms with Crippen molar-refractivity contribution in [3.05, 3.63) is 99.0 Å². The summed E-state index contributed by atoms with van der Waals surface area (Å²) in [5.74, 6) is -4.32. The number of fused-ring (bicyclic) bond motifs is 5. The Kier molecular flexibility index (Phi) is 8.13. The standard InChI is InChI=1S/C42H36Cl2N4O6S/c1-19-6-8-22(15-30(19)44)47-38(50)26-12-11-24-28(35(26)40(47)52)17-29-39(51)48(41(53)42(29,3)36(24)25-10-9-23(49)16-32(25)54-5)34-18-31(45-46(34)4)37-20(2)27-14-21(43)7-13-33(27)55-37/h6-11,13-16,18,26,28-29,35-36,49H,12,17H2,1-5H3/t26-,28+,29-,35-,36+,42+/m0/s1. The number of nitrogens with zero attached hydrogens (tertiary/aromatic N) is 4. The molecule has 9 rings (SSSR count). The maximum Gasteiger partial charge on any atom is 0.242 e. The van der Waals surface area contributed by atoms with Crippen LogP contribution in [0.5, 0.6) is 11.5 Å². The van der Waals surface area contributed by atoms with Crippen molar-refractivity contribution in [2.24, 2.45) is 36.1 Å². The van der Waals surface area contributed by atoms with Gasteiger partial charge in [-0.3, -0.25) is 23.9 Å². The van der Waals surface area contributed by atoms with Crippen LogP contribution in [-0.2, 0) is 26.2 Å². The fraction of sp³-hybridized carbons (Fsp3) is 0.310. The van der Waals surface area contributed by atoms with Gasteiger partial charge in [0.1, 0.15) is 23.0 Å². The highest BCUT2D eigenvalue weighted by Gasteiger charge is 2.68. The number of carbonyl (C=O) groups is 4. The molecule has 4 amide bonds. The number of ether oxygens (including phenoxy) is 1. The van der Waals surface area contributed by atoms with Crippen molar-refractivity contribution in [2.45, 2.75) is 39.5 Å². The number of halogens is 2. The number of hydrogen-bond donors (Lipinski definition) is 1. The Morgan fingerprint density at radius 2 is 1.71 bits per heavy atom. The fourth-order valence-electron chi connectivity index (χ4n) is 9.71. The quantitative estimate of drug-likeness (QED) is 0.140. The highest BCUT2D eigenvalue weighted by Crippen LogP contribution is 2.64. The summed E-state index contributed by atoms with van der Waals surface area (Å²) in [6, 6.07) is 17.4. The van der Waals surface area contributed by atoms with E-state index < -0.39 is 46.8 Å². The van der Waals surface area contributed by atoms with E-state index in [-0.39, 0.29) is 30.4 Å². The van der Waals surface area contributed by atoms with E-state index in [0.29, 0.717) is 38.6 Å². The number of thiophene rings is 1. The van der Waals surface area contributed by atoms with Crippen LogP contribution in [0.2, 0.25) is 10.0 Å². The van der Waals surface area contributed by atoms with E-state index in [1.165, 1.54) is 29.0 Å². The van der Waals surface area contributed by atoms with Crippen LogP contribution in [0.3, 0.4) is 0 Å². The van der Waals surface area contributed by atoms with Crippen molar-refractivity contribution in [3.63, 3.8) is 0 Å². The molecular formula is C42H36Cl2N4O6S. The number of hydrogen-bond acceptors (Lipinski definition) is 8. The average Bonchev–Trinajstić information content (AvgIpc) is 3.83. The summed E-state index contributed by atoms with van der Waals surface area (Å²) in [4.78, 5) is 62.0. The molecule has 0 radical (unpaired) electrons. The van der Waals surface area contributed by atoms with Crippen molar-refractivity contribution in [1.82, 2.24) is 9.78 Å². The normalized spacial score (nSPS) is 26.1. The molecule has 1 N–H and O–H groups in total. The molecule has 0 spiro atoms. The van der Waals surface area contributed by atoms with Gasteiger partial charge in [-0.15, -0.1) is 11.3 Å². The number of anilines is 2. The third-order valence-corrected chi connectivity index (χ3v) is 14.4. The third kappa shape index (κ3) is 5.02. The predicted molar refractivity (Wildman–Crippen MR) is 212 cm³/mol. The first-order chi connectivity index (χ1) is 26.2.